The van der Waals surface area contributed by atoms with Crippen molar-refractivity contribution in [2.45, 2.75) is 70.9 Å². The first-order valence-corrected chi connectivity index (χ1v) is 8.07. The maximum Gasteiger partial charge on any atom is 0.0147 e. The van der Waals surface area contributed by atoms with Crippen LogP contribution in [0, 0.1) is 17.3 Å². The van der Waals surface area contributed by atoms with E-state index in [-0.39, 0.29) is 0 Å². The van der Waals surface area contributed by atoms with Gasteiger partial charge < -0.3 is 5.73 Å². The van der Waals surface area contributed by atoms with E-state index in [0.717, 1.165) is 17.9 Å². The van der Waals surface area contributed by atoms with E-state index in [0.29, 0.717) is 11.5 Å². The Labute approximate surface area is 112 Å². The zero-order valence-corrected chi connectivity index (χ0v) is 12.2. The molecule has 18 heavy (non-hydrogen) atoms. The lowest BCUT2D eigenvalue weighted by Crippen LogP contribution is -2.46. The van der Waals surface area contributed by atoms with Gasteiger partial charge in [0.15, 0.2) is 0 Å². The summed E-state index contributed by atoms with van der Waals surface area (Å²) in [5.41, 5.74) is 6.88. The van der Waals surface area contributed by atoms with Crippen molar-refractivity contribution < 1.29 is 0 Å². The Hall–Kier alpha value is -0.0800. The minimum Gasteiger partial charge on any atom is -0.327 e. The quantitative estimate of drug-likeness (QED) is 0.775. The Kier molecular flexibility index (Phi) is 3.44. The fraction of sp³-hybridized carbons (Fsp3) is 1.00. The lowest BCUT2D eigenvalue weighted by Gasteiger charge is -2.44. The molecule has 104 valence electrons. The molecule has 3 aliphatic rings. The Morgan fingerprint density at radius 3 is 2.56 bits per heavy atom. The van der Waals surface area contributed by atoms with E-state index in [1.54, 1.807) is 0 Å². The molecular formula is C16H30N2. The largest absolute Gasteiger partial charge is 0.327 e. The monoisotopic (exact) mass is 250 g/mol. The summed E-state index contributed by atoms with van der Waals surface area (Å²) in [7, 11) is 0. The van der Waals surface area contributed by atoms with Crippen LogP contribution in [-0.2, 0) is 0 Å². The van der Waals surface area contributed by atoms with Crippen LogP contribution >= 0.6 is 0 Å². The molecule has 0 radical (unpaired) electrons. The van der Waals surface area contributed by atoms with E-state index in [2.05, 4.69) is 18.7 Å². The normalized spacial score (nSPS) is 44.8. The Morgan fingerprint density at radius 1 is 1.00 bits per heavy atom. The first kappa shape index (κ1) is 12.9. The highest BCUT2D eigenvalue weighted by molar-refractivity contribution is 4.99. The third kappa shape index (κ3) is 2.22. The maximum absolute atomic E-state index is 6.35. The standard InChI is InChI=1S/C16H30N2/c1-16(2)9-4-3-8-15(16)18-10-12-6-5-7-14(17)13(12)11-18/h12-15H,3-11,17H2,1-2H3. The molecule has 2 nitrogen and oxygen atoms in total. The van der Waals surface area contributed by atoms with Crippen molar-refractivity contribution in [2.24, 2.45) is 23.0 Å². The number of nitrogens with zero attached hydrogens (tertiary/aromatic N) is 1. The lowest BCUT2D eigenvalue weighted by atomic mass is 9.72. The van der Waals surface area contributed by atoms with Gasteiger partial charge in [-0.2, -0.15) is 0 Å². The highest BCUT2D eigenvalue weighted by Gasteiger charge is 2.44. The molecule has 0 aromatic carbocycles. The van der Waals surface area contributed by atoms with Gasteiger partial charge in [-0.1, -0.05) is 33.1 Å². The Balaban J connectivity index is 1.70. The molecule has 1 aliphatic heterocycles. The number of rotatable bonds is 1. The molecule has 2 N–H and O–H groups in total. The molecule has 1 heterocycles. The number of fused-ring (bicyclic) bond motifs is 1. The molecule has 1 saturated heterocycles. The molecule has 2 heteroatoms. The number of hydrogen-bond acceptors (Lipinski definition) is 2. The van der Waals surface area contributed by atoms with Gasteiger partial charge >= 0.3 is 0 Å². The van der Waals surface area contributed by atoms with Crippen molar-refractivity contribution in [1.82, 2.24) is 4.90 Å². The van der Waals surface area contributed by atoms with Crippen LogP contribution in [0.4, 0.5) is 0 Å². The maximum atomic E-state index is 6.35. The highest BCUT2D eigenvalue weighted by atomic mass is 15.2. The van der Waals surface area contributed by atoms with Crippen LogP contribution in [0.5, 0.6) is 0 Å². The smallest absolute Gasteiger partial charge is 0.0147 e. The molecule has 4 atom stereocenters. The lowest BCUT2D eigenvalue weighted by molar-refractivity contribution is 0.0619. The Morgan fingerprint density at radius 2 is 1.83 bits per heavy atom. The molecule has 3 fully saturated rings. The van der Waals surface area contributed by atoms with Crippen molar-refractivity contribution in [3.8, 4) is 0 Å². The molecule has 2 aliphatic carbocycles. The van der Waals surface area contributed by atoms with Crippen LogP contribution in [0.2, 0.25) is 0 Å². The topological polar surface area (TPSA) is 29.3 Å². The number of nitrogens with two attached hydrogens (primary N) is 1. The molecule has 0 aromatic rings. The third-order valence-corrected chi connectivity index (χ3v) is 6.07. The zero-order chi connectivity index (χ0) is 12.8. The summed E-state index contributed by atoms with van der Waals surface area (Å²) >= 11 is 0. The summed E-state index contributed by atoms with van der Waals surface area (Å²) in [6.07, 6.45) is 9.77. The van der Waals surface area contributed by atoms with Gasteiger partial charge in [-0.05, 0) is 42.9 Å². The van der Waals surface area contributed by atoms with Gasteiger partial charge in [0.05, 0.1) is 0 Å². The second kappa shape index (κ2) is 4.79. The van der Waals surface area contributed by atoms with Crippen molar-refractivity contribution >= 4 is 0 Å². The SMILES string of the molecule is CC1(C)CCCCC1N1CC2CCCC(N)C2C1. The molecule has 0 amide bonds. The summed E-state index contributed by atoms with van der Waals surface area (Å²) in [5.74, 6) is 1.71. The fourth-order valence-corrected chi connectivity index (χ4v) is 4.96. The van der Waals surface area contributed by atoms with E-state index in [9.17, 15) is 0 Å². The Bertz CT molecular complexity index is 299. The molecule has 2 saturated carbocycles. The van der Waals surface area contributed by atoms with Gasteiger partial charge in [0.2, 0.25) is 0 Å². The van der Waals surface area contributed by atoms with Gasteiger partial charge in [-0.15, -0.1) is 0 Å². The van der Waals surface area contributed by atoms with Crippen molar-refractivity contribution in [3.05, 3.63) is 0 Å². The van der Waals surface area contributed by atoms with E-state index in [4.69, 9.17) is 5.73 Å². The molecule has 0 bridgehead atoms. The average Bonchev–Trinajstić information content (AvgIpc) is 2.73. The van der Waals surface area contributed by atoms with Gasteiger partial charge in [0.25, 0.3) is 0 Å². The molecule has 0 aromatic heterocycles. The second-order valence-corrected chi connectivity index (χ2v) is 7.72. The first-order valence-electron chi connectivity index (χ1n) is 8.07. The van der Waals surface area contributed by atoms with E-state index < -0.39 is 0 Å². The van der Waals surface area contributed by atoms with Crippen molar-refractivity contribution in [3.63, 3.8) is 0 Å². The third-order valence-electron chi connectivity index (χ3n) is 6.07. The molecule has 4 unspecified atom stereocenters. The molecule has 3 rings (SSSR count). The fourth-order valence-electron chi connectivity index (χ4n) is 4.96. The minimum absolute atomic E-state index is 0.487. The summed E-state index contributed by atoms with van der Waals surface area (Å²) < 4.78 is 0. The van der Waals surface area contributed by atoms with Crippen LogP contribution < -0.4 is 5.73 Å². The van der Waals surface area contributed by atoms with Crippen molar-refractivity contribution in [1.29, 1.82) is 0 Å². The van der Waals surface area contributed by atoms with Crippen LogP contribution in [0.3, 0.4) is 0 Å². The summed E-state index contributed by atoms with van der Waals surface area (Å²) in [6.45, 7) is 7.60. The minimum atomic E-state index is 0.487. The summed E-state index contributed by atoms with van der Waals surface area (Å²) in [5, 5.41) is 0. The van der Waals surface area contributed by atoms with E-state index in [1.807, 2.05) is 0 Å². The predicted molar refractivity (Wildman–Crippen MR) is 76.4 cm³/mol. The second-order valence-electron chi connectivity index (χ2n) is 7.72. The molecule has 0 spiro atoms. The summed E-state index contributed by atoms with van der Waals surface area (Å²) in [6, 6.07) is 1.31. The number of hydrogen-bond donors (Lipinski definition) is 1. The highest BCUT2D eigenvalue weighted by Crippen LogP contribution is 2.43. The van der Waals surface area contributed by atoms with Crippen LogP contribution in [0.1, 0.15) is 58.8 Å². The van der Waals surface area contributed by atoms with Crippen molar-refractivity contribution in [2.75, 3.05) is 13.1 Å². The predicted octanol–water partition coefficient (Wildman–Crippen LogP) is 3.01. The zero-order valence-electron chi connectivity index (χ0n) is 12.2. The summed E-state index contributed by atoms with van der Waals surface area (Å²) in [4.78, 5) is 2.82. The van der Waals surface area contributed by atoms with Crippen LogP contribution in [0.15, 0.2) is 0 Å². The average molecular weight is 250 g/mol. The van der Waals surface area contributed by atoms with Crippen LogP contribution in [0.25, 0.3) is 0 Å². The van der Waals surface area contributed by atoms with Gasteiger partial charge in [0.1, 0.15) is 0 Å². The van der Waals surface area contributed by atoms with Crippen LogP contribution in [-0.4, -0.2) is 30.1 Å². The first-order chi connectivity index (χ1) is 8.58. The van der Waals surface area contributed by atoms with Gasteiger partial charge in [-0.3, -0.25) is 4.90 Å². The molecular weight excluding hydrogens is 220 g/mol. The van der Waals surface area contributed by atoms with Gasteiger partial charge in [-0.25, -0.2) is 0 Å². The van der Waals surface area contributed by atoms with E-state index in [1.165, 1.54) is 58.0 Å². The van der Waals surface area contributed by atoms with Gasteiger partial charge in [0, 0.05) is 25.2 Å². The van der Waals surface area contributed by atoms with E-state index >= 15 is 0 Å². The number of likely N-dealkylation sites (tertiary alicyclic amines) is 1.